The van der Waals surface area contributed by atoms with Crippen LogP contribution in [0.15, 0.2) is 30.3 Å². The van der Waals surface area contributed by atoms with Crippen LogP contribution in [0.3, 0.4) is 0 Å². The fraction of sp³-hybridized carbons (Fsp3) is 0.588. The molecule has 0 radical (unpaired) electrons. The summed E-state index contributed by atoms with van der Waals surface area (Å²) in [6, 6.07) is 9.29. The summed E-state index contributed by atoms with van der Waals surface area (Å²) in [7, 11) is -3.20. The molecule has 25 heavy (non-hydrogen) atoms. The van der Waals surface area contributed by atoms with E-state index in [1.807, 2.05) is 42.2 Å². The minimum absolute atomic E-state index is 0. The minimum atomic E-state index is -3.20. The summed E-state index contributed by atoms with van der Waals surface area (Å²) < 4.78 is 25.0. The summed E-state index contributed by atoms with van der Waals surface area (Å²) in [5.41, 5.74) is 7.21. The highest BCUT2D eigenvalue weighted by Gasteiger charge is 2.30. The fourth-order valence-corrected chi connectivity index (χ4v) is 3.65. The SMILES string of the molecule is CC(C(=O)N1CCCC(CNS(C)(=O)=O)C1)C(N)c1ccccc1.Cl. The normalized spacial score (nSPS) is 20.4. The number of carbonyl (C=O) groups is 1. The average molecular weight is 390 g/mol. The van der Waals surface area contributed by atoms with Gasteiger partial charge in [0.1, 0.15) is 0 Å². The lowest BCUT2D eigenvalue weighted by Gasteiger charge is -2.35. The van der Waals surface area contributed by atoms with Gasteiger partial charge in [0.05, 0.1) is 12.2 Å². The Bertz CT molecular complexity index is 654. The molecule has 1 amide bonds. The van der Waals surface area contributed by atoms with Crippen LogP contribution in [-0.2, 0) is 14.8 Å². The van der Waals surface area contributed by atoms with E-state index in [0.717, 1.165) is 24.7 Å². The Kier molecular flexibility index (Phi) is 8.34. The van der Waals surface area contributed by atoms with Crippen molar-refractivity contribution < 1.29 is 13.2 Å². The number of likely N-dealkylation sites (tertiary alicyclic amines) is 1. The zero-order valence-electron chi connectivity index (χ0n) is 14.7. The van der Waals surface area contributed by atoms with Crippen LogP contribution in [0.1, 0.15) is 31.4 Å². The Morgan fingerprint density at radius 3 is 2.60 bits per heavy atom. The van der Waals surface area contributed by atoms with Crippen molar-refractivity contribution in [3.05, 3.63) is 35.9 Å². The first-order valence-electron chi connectivity index (χ1n) is 8.32. The van der Waals surface area contributed by atoms with E-state index in [2.05, 4.69) is 4.72 Å². The molecule has 6 nitrogen and oxygen atoms in total. The number of hydrogen-bond donors (Lipinski definition) is 2. The average Bonchev–Trinajstić information content (AvgIpc) is 2.58. The van der Waals surface area contributed by atoms with Crippen LogP contribution in [0.4, 0.5) is 0 Å². The van der Waals surface area contributed by atoms with Gasteiger partial charge in [-0.2, -0.15) is 0 Å². The van der Waals surface area contributed by atoms with Crippen LogP contribution in [-0.4, -0.2) is 45.1 Å². The third-order valence-corrected chi connectivity index (χ3v) is 5.27. The van der Waals surface area contributed by atoms with Gasteiger partial charge in [-0.15, -0.1) is 12.4 Å². The highest BCUT2D eigenvalue weighted by atomic mass is 35.5. The molecule has 142 valence electrons. The Hall–Kier alpha value is -1.15. The van der Waals surface area contributed by atoms with Gasteiger partial charge in [-0.3, -0.25) is 4.79 Å². The monoisotopic (exact) mass is 389 g/mol. The molecular weight excluding hydrogens is 362 g/mol. The second-order valence-electron chi connectivity index (χ2n) is 6.64. The Morgan fingerprint density at radius 1 is 1.36 bits per heavy atom. The summed E-state index contributed by atoms with van der Waals surface area (Å²) in [4.78, 5) is 14.6. The summed E-state index contributed by atoms with van der Waals surface area (Å²) in [5.74, 6) is -0.123. The highest BCUT2D eigenvalue weighted by molar-refractivity contribution is 7.88. The molecule has 1 aliphatic heterocycles. The van der Waals surface area contributed by atoms with Gasteiger partial charge in [-0.1, -0.05) is 37.3 Å². The summed E-state index contributed by atoms with van der Waals surface area (Å²) >= 11 is 0. The molecule has 1 heterocycles. The third-order valence-electron chi connectivity index (χ3n) is 4.58. The number of nitrogens with one attached hydrogen (secondary N) is 1. The molecule has 3 N–H and O–H groups in total. The number of rotatable bonds is 6. The van der Waals surface area contributed by atoms with E-state index in [-0.39, 0.29) is 36.2 Å². The van der Waals surface area contributed by atoms with E-state index >= 15 is 0 Å². The summed E-state index contributed by atoms with van der Waals surface area (Å²) in [6.07, 6.45) is 2.96. The van der Waals surface area contributed by atoms with Gasteiger partial charge < -0.3 is 10.6 Å². The van der Waals surface area contributed by atoms with E-state index in [0.29, 0.717) is 19.6 Å². The Balaban J connectivity index is 0.00000312. The van der Waals surface area contributed by atoms with Crippen molar-refractivity contribution in [1.29, 1.82) is 0 Å². The number of halogens is 1. The number of nitrogens with zero attached hydrogens (tertiary/aromatic N) is 1. The second-order valence-corrected chi connectivity index (χ2v) is 8.47. The second kappa shape index (κ2) is 9.52. The zero-order valence-corrected chi connectivity index (χ0v) is 16.4. The van der Waals surface area contributed by atoms with Crippen molar-refractivity contribution in [3.8, 4) is 0 Å². The van der Waals surface area contributed by atoms with Crippen molar-refractivity contribution in [3.63, 3.8) is 0 Å². The van der Waals surface area contributed by atoms with Gasteiger partial charge in [0, 0.05) is 25.7 Å². The number of hydrogen-bond acceptors (Lipinski definition) is 4. The van der Waals surface area contributed by atoms with Crippen LogP contribution in [0, 0.1) is 11.8 Å². The molecule has 0 saturated carbocycles. The van der Waals surface area contributed by atoms with Gasteiger partial charge in [0.25, 0.3) is 0 Å². The number of carbonyl (C=O) groups excluding carboxylic acids is 1. The number of amides is 1. The topological polar surface area (TPSA) is 92.5 Å². The molecule has 1 aromatic rings. The molecule has 2 rings (SSSR count). The molecule has 0 aliphatic carbocycles. The smallest absolute Gasteiger partial charge is 0.227 e. The first-order chi connectivity index (χ1) is 11.3. The van der Waals surface area contributed by atoms with Crippen LogP contribution in [0.5, 0.6) is 0 Å². The molecule has 1 aromatic carbocycles. The van der Waals surface area contributed by atoms with Gasteiger partial charge in [-0.25, -0.2) is 13.1 Å². The first-order valence-corrected chi connectivity index (χ1v) is 10.2. The van der Waals surface area contributed by atoms with Crippen molar-refractivity contribution in [1.82, 2.24) is 9.62 Å². The van der Waals surface area contributed by atoms with Gasteiger partial charge >= 0.3 is 0 Å². The highest BCUT2D eigenvalue weighted by Crippen LogP contribution is 2.24. The summed E-state index contributed by atoms with van der Waals surface area (Å²) in [5, 5.41) is 0. The van der Waals surface area contributed by atoms with Gasteiger partial charge in [-0.05, 0) is 24.3 Å². The molecule has 1 saturated heterocycles. The Morgan fingerprint density at radius 2 is 2.00 bits per heavy atom. The number of benzene rings is 1. The summed E-state index contributed by atoms with van der Waals surface area (Å²) in [6.45, 7) is 3.52. The van der Waals surface area contributed by atoms with Crippen molar-refractivity contribution in [2.24, 2.45) is 17.6 Å². The maximum absolute atomic E-state index is 12.8. The fourth-order valence-electron chi connectivity index (χ4n) is 3.11. The van der Waals surface area contributed by atoms with Crippen LogP contribution >= 0.6 is 12.4 Å². The number of nitrogens with two attached hydrogens (primary N) is 1. The Labute approximate surface area is 156 Å². The van der Waals surface area contributed by atoms with Crippen LogP contribution in [0.2, 0.25) is 0 Å². The van der Waals surface area contributed by atoms with Gasteiger partial charge in [0.15, 0.2) is 0 Å². The lowest BCUT2D eigenvalue weighted by molar-refractivity contribution is -0.137. The minimum Gasteiger partial charge on any atom is -0.342 e. The molecule has 3 atom stereocenters. The molecule has 0 spiro atoms. The molecule has 0 aromatic heterocycles. The molecule has 0 bridgehead atoms. The first kappa shape index (κ1) is 21.9. The standard InChI is InChI=1S/C17H27N3O3S.ClH/c1-13(16(18)15-8-4-3-5-9-15)17(21)20-10-6-7-14(12-20)11-19-24(2,22)23;/h3-5,8-9,13-14,16,19H,6-7,10-12,18H2,1-2H3;1H. The predicted octanol–water partition coefficient (Wildman–Crippen LogP) is 1.53. The lowest BCUT2D eigenvalue weighted by Crippen LogP contribution is -2.46. The van der Waals surface area contributed by atoms with Crippen LogP contribution < -0.4 is 10.5 Å². The van der Waals surface area contributed by atoms with Crippen molar-refractivity contribution in [2.75, 3.05) is 25.9 Å². The largest absolute Gasteiger partial charge is 0.342 e. The quantitative estimate of drug-likeness (QED) is 0.771. The molecular formula is C17H28ClN3O3S. The van der Waals surface area contributed by atoms with E-state index in [9.17, 15) is 13.2 Å². The predicted molar refractivity (Wildman–Crippen MR) is 102 cm³/mol. The number of piperidine rings is 1. The van der Waals surface area contributed by atoms with E-state index in [4.69, 9.17) is 5.73 Å². The molecule has 3 unspecified atom stereocenters. The maximum atomic E-state index is 12.8. The van der Waals surface area contributed by atoms with E-state index in [1.165, 1.54) is 0 Å². The number of sulfonamides is 1. The molecule has 8 heteroatoms. The van der Waals surface area contributed by atoms with Crippen LogP contribution in [0.25, 0.3) is 0 Å². The molecule has 1 aliphatic rings. The van der Waals surface area contributed by atoms with Gasteiger partial charge in [0.2, 0.25) is 15.9 Å². The maximum Gasteiger partial charge on any atom is 0.227 e. The van der Waals surface area contributed by atoms with E-state index in [1.54, 1.807) is 0 Å². The third kappa shape index (κ3) is 6.58. The van der Waals surface area contributed by atoms with E-state index < -0.39 is 10.0 Å². The molecule has 1 fully saturated rings. The lowest BCUT2D eigenvalue weighted by atomic mass is 9.92. The van der Waals surface area contributed by atoms with Crippen molar-refractivity contribution >= 4 is 28.3 Å². The van der Waals surface area contributed by atoms with Crippen molar-refractivity contribution in [2.45, 2.75) is 25.8 Å². The zero-order chi connectivity index (χ0) is 17.7.